The molecule has 106 valence electrons. The first-order valence-electron chi connectivity index (χ1n) is 7.47. The average molecular weight is 269 g/mol. The Kier molecular flexibility index (Phi) is 3.08. The summed E-state index contributed by atoms with van der Waals surface area (Å²) in [5.41, 5.74) is 12.4. The van der Waals surface area contributed by atoms with Crippen molar-refractivity contribution in [2.75, 3.05) is 5.73 Å². The van der Waals surface area contributed by atoms with Crippen molar-refractivity contribution in [3.8, 4) is 11.3 Å². The molecule has 2 aromatic rings. The van der Waals surface area contributed by atoms with Crippen LogP contribution in [-0.4, -0.2) is 9.55 Å². The molecular formula is C17H23N3. The number of nitrogen functional groups attached to an aromatic ring is 1. The summed E-state index contributed by atoms with van der Waals surface area (Å²) in [5, 5.41) is 0. The van der Waals surface area contributed by atoms with Crippen LogP contribution in [0.3, 0.4) is 0 Å². The highest BCUT2D eigenvalue weighted by atomic mass is 15.1. The molecule has 1 fully saturated rings. The maximum Gasteiger partial charge on any atom is 0.131 e. The quantitative estimate of drug-likeness (QED) is 0.916. The van der Waals surface area contributed by atoms with Gasteiger partial charge >= 0.3 is 0 Å². The second-order valence-electron chi connectivity index (χ2n) is 6.00. The molecule has 0 atom stereocenters. The van der Waals surface area contributed by atoms with E-state index in [4.69, 9.17) is 10.7 Å². The van der Waals surface area contributed by atoms with Crippen molar-refractivity contribution in [3.63, 3.8) is 0 Å². The molecule has 1 aliphatic rings. The summed E-state index contributed by atoms with van der Waals surface area (Å²) in [7, 11) is 0. The molecule has 0 aliphatic heterocycles. The molecule has 3 heteroatoms. The van der Waals surface area contributed by atoms with Crippen LogP contribution in [0.2, 0.25) is 0 Å². The van der Waals surface area contributed by atoms with Crippen molar-refractivity contribution < 1.29 is 0 Å². The lowest BCUT2D eigenvalue weighted by atomic mass is 9.97. The summed E-state index contributed by atoms with van der Waals surface area (Å²) < 4.78 is 2.19. The molecule has 1 aliphatic carbocycles. The molecule has 1 aromatic heterocycles. The van der Waals surface area contributed by atoms with E-state index in [1.807, 2.05) is 0 Å². The van der Waals surface area contributed by atoms with Gasteiger partial charge in [0, 0.05) is 18.0 Å². The largest absolute Gasteiger partial charge is 0.383 e. The van der Waals surface area contributed by atoms with Crippen molar-refractivity contribution in [2.24, 2.45) is 0 Å². The number of rotatable bonds is 3. The monoisotopic (exact) mass is 269 g/mol. The number of aromatic nitrogens is 2. The first-order chi connectivity index (χ1) is 9.52. The van der Waals surface area contributed by atoms with Crippen LogP contribution in [-0.2, 0) is 6.54 Å². The molecule has 3 rings (SSSR count). The highest BCUT2D eigenvalue weighted by Crippen LogP contribution is 2.43. The van der Waals surface area contributed by atoms with E-state index >= 15 is 0 Å². The van der Waals surface area contributed by atoms with Crippen LogP contribution in [0, 0.1) is 20.8 Å². The van der Waals surface area contributed by atoms with E-state index in [0.29, 0.717) is 5.92 Å². The maximum atomic E-state index is 6.39. The third-order valence-corrected chi connectivity index (χ3v) is 4.21. The van der Waals surface area contributed by atoms with Crippen LogP contribution in [0.1, 0.15) is 48.2 Å². The standard InChI is InChI=1S/C17H23N3/c1-5-20-16(18)15(19-17(20)13-6-7-13)14-11(3)8-10(2)9-12(14)4/h8-9,13H,5-7,18H2,1-4H3. The van der Waals surface area contributed by atoms with Gasteiger partial charge in [-0.15, -0.1) is 0 Å². The molecular weight excluding hydrogens is 246 g/mol. The summed E-state index contributed by atoms with van der Waals surface area (Å²) in [6.45, 7) is 9.47. The van der Waals surface area contributed by atoms with E-state index in [9.17, 15) is 0 Å². The predicted octanol–water partition coefficient (Wildman–Crippen LogP) is 3.95. The van der Waals surface area contributed by atoms with Gasteiger partial charge in [-0.3, -0.25) is 0 Å². The zero-order valence-corrected chi connectivity index (χ0v) is 12.8. The Morgan fingerprint density at radius 1 is 1.20 bits per heavy atom. The molecule has 0 radical (unpaired) electrons. The number of aryl methyl sites for hydroxylation is 3. The molecule has 1 saturated carbocycles. The number of hydrogen-bond donors (Lipinski definition) is 1. The fourth-order valence-electron chi connectivity index (χ4n) is 3.21. The molecule has 2 N–H and O–H groups in total. The smallest absolute Gasteiger partial charge is 0.131 e. The number of imidazole rings is 1. The molecule has 1 aromatic carbocycles. The van der Waals surface area contributed by atoms with Crippen LogP contribution in [0.5, 0.6) is 0 Å². The molecule has 1 heterocycles. The van der Waals surface area contributed by atoms with Crippen molar-refractivity contribution >= 4 is 5.82 Å². The van der Waals surface area contributed by atoms with Gasteiger partial charge in [-0.25, -0.2) is 4.98 Å². The van der Waals surface area contributed by atoms with Gasteiger partial charge in [-0.1, -0.05) is 17.7 Å². The van der Waals surface area contributed by atoms with Gasteiger partial charge in [0.2, 0.25) is 0 Å². The van der Waals surface area contributed by atoms with Gasteiger partial charge in [0.05, 0.1) is 0 Å². The predicted molar refractivity (Wildman–Crippen MR) is 83.9 cm³/mol. The normalized spacial score (nSPS) is 14.8. The second kappa shape index (κ2) is 4.65. The summed E-state index contributed by atoms with van der Waals surface area (Å²) >= 11 is 0. The fraction of sp³-hybridized carbons (Fsp3) is 0.471. The lowest BCUT2D eigenvalue weighted by molar-refractivity contribution is 0.708. The minimum atomic E-state index is 0.622. The van der Waals surface area contributed by atoms with E-state index in [2.05, 4.69) is 44.4 Å². The zero-order valence-electron chi connectivity index (χ0n) is 12.8. The van der Waals surface area contributed by atoms with Gasteiger partial charge in [0.25, 0.3) is 0 Å². The first kappa shape index (κ1) is 13.2. The molecule has 3 nitrogen and oxygen atoms in total. The Morgan fingerprint density at radius 3 is 2.30 bits per heavy atom. The van der Waals surface area contributed by atoms with Gasteiger partial charge in [0.1, 0.15) is 17.3 Å². The molecule has 0 amide bonds. The fourth-order valence-corrected chi connectivity index (χ4v) is 3.21. The summed E-state index contributed by atoms with van der Waals surface area (Å²) in [5.74, 6) is 2.63. The van der Waals surface area contributed by atoms with E-state index in [-0.39, 0.29) is 0 Å². The zero-order chi connectivity index (χ0) is 14.4. The van der Waals surface area contributed by atoms with Gasteiger partial charge in [-0.2, -0.15) is 0 Å². The summed E-state index contributed by atoms with van der Waals surface area (Å²) in [4.78, 5) is 4.90. The van der Waals surface area contributed by atoms with Crippen LogP contribution < -0.4 is 5.73 Å². The van der Waals surface area contributed by atoms with Gasteiger partial charge < -0.3 is 10.3 Å². The number of benzene rings is 1. The van der Waals surface area contributed by atoms with Crippen molar-refractivity contribution in [1.82, 2.24) is 9.55 Å². The van der Waals surface area contributed by atoms with Crippen molar-refractivity contribution in [3.05, 3.63) is 34.6 Å². The van der Waals surface area contributed by atoms with Crippen LogP contribution in [0.15, 0.2) is 12.1 Å². The summed E-state index contributed by atoms with van der Waals surface area (Å²) in [6, 6.07) is 4.42. The van der Waals surface area contributed by atoms with E-state index in [1.165, 1.54) is 40.9 Å². The van der Waals surface area contributed by atoms with Crippen molar-refractivity contribution in [2.45, 2.75) is 53.0 Å². The van der Waals surface area contributed by atoms with Crippen LogP contribution in [0.25, 0.3) is 11.3 Å². The van der Waals surface area contributed by atoms with Gasteiger partial charge in [-0.05, 0) is 51.7 Å². The SMILES string of the molecule is CCn1c(C2CC2)nc(-c2c(C)cc(C)cc2C)c1N. The van der Waals surface area contributed by atoms with Crippen LogP contribution in [0.4, 0.5) is 5.82 Å². The van der Waals surface area contributed by atoms with E-state index in [0.717, 1.165) is 18.1 Å². The highest BCUT2D eigenvalue weighted by Gasteiger charge is 2.31. The van der Waals surface area contributed by atoms with E-state index < -0.39 is 0 Å². The Morgan fingerprint density at radius 2 is 1.80 bits per heavy atom. The topological polar surface area (TPSA) is 43.8 Å². The molecule has 20 heavy (non-hydrogen) atoms. The number of nitrogens with two attached hydrogens (primary N) is 1. The number of nitrogens with zero attached hydrogens (tertiary/aromatic N) is 2. The Labute approximate surface area is 120 Å². The lowest BCUT2D eigenvalue weighted by Crippen LogP contribution is -2.04. The number of anilines is 1. The average Bonchev–Trinajstić information content (AvgIpc) is 3.15. The molecule has 0 saturated heterocycles. The van der Waals surface area contributed by atoms with E-state index in [1.54, 1.807) is 0 Å². The maximum absolute atomic E-state index is 6.39. The first-order valence-corrected chi connectivity index (χ1v) is 7.47. The molecule has 0 bridgehead atoms. The third-order valence-electron chi connectivity index (χ3n) is 4.21. The Balaban J connectivity index is 2.20. The van der Waals surface area contributed by atoms with Crippen LogP contribution >= 0.6 is 0 Å². The molecule has 0 unspecified atom stereocenters. The minimum Gasteiger partial charge on any atom is -0.383 e. The number of hydrogen-bond acceptors (Lipinski definition) is 2. The van der Waals surface area contributed by atoms with Crippen molar-refractivity contribution in [1.29, 1.82) is 0 Å². The third kappa shape index (κ3) is 2.01. The summed E-state index contributed by atoms with van der Waals surface area (Å²) in [6.07, 6.45) is 2.50. The second-order valence-corrected chi connectivity index (χ2v) is 6.00. The lowest BCUT2D eigenvalue weighted by Gasteiger charge is -2.10. The minimum absolute atomic E-state index is 0.622. The highest BCUT2D eigenvalue weighted by molar-refractivity contribution is 5.77. The Hall–Kier alpha value is -1.77. The Bertz CT molecular complexity index is 640. The molecule has 0 spiro atoms. The van der Waals surface area contributed by atoms with Gasteiger partial charge in [0.15, 0.2) is 0 Å².